The molecule has 3 rings (SSSR count). The summed E-state index contributed by atoms with van der Waals surface area (Å²) in [6, 6.07) is 20.6. The fourth-order valence-corrected chi connectivity index (χ4v) is 3.23. The van der Waals surface area contributed by atoms with Crippen molar-refractivity contribution in [3.8, 4) is 0 Å². The predicted octanol–water partition coefficient (Wildman–Crippen LogP) is 5.41. The molecule has 1 aliphatic heterocycles. The molecule has 1 saturated heterocycles. The van der Waals surface area contributed by atoms with Gasteiger partial charge in [0.2, 0.25) is 0 Å². The Morgan fingerprint density at radius 3 is 1.38 bits per heavy atom. The van der Waals surface area contributed by atoms with E-state index < -0.39 is 0 Å². The second-order valence-electron chi connectivity index (χ2n) is 6.06. The molecule has 24 heavy (non-hydrogen) atoms. The van der Waals surface area contributed by atoms with Crippen LogP contribution in [0.5, 0.6) is 0 Å². The highest BCUT2D eigenvalue weighted by Crippen LogP contribution is 2.42. The molecule has 0 aliphatic carbocycles. The summed E-state index contributed by atoms with van der Waals surface area (Å²) in [5, 5.41) is 0. The first-order chi connectivity index (χ1) is 11.8. The van der Waals surface area contributed by atoms with Crippen LogP contribution in [-0.2, 0) is 9.47 Å². The molecule has 0 spiro atoms. The van der Waals surface area contributed by atoms with Gasteiger partial charge in [-0.1, -0.05) is 72.8 Å². The Morgan fingerprint density at radius 2 is 1.04 bits per heavy atom. The van der Waals surface area contributed by atoms with Crippen LogP contribution in [0, 0.1) is 0 Å². The second kappa shape index (κ2) is 8.09. The molecule has 1 heterocycles. The molecule has 2 heteroatoms. The van der Waals surface area contributed by atoms with Gasteiger partial charge < -0.3 is 9.47 Å². The number of rotatable bonds is 6. The first kappa shape index (κ1) is 16.7. The highest BCUT2D eigenvalue weighted by Gasteiger charge is 2.39. The fourth-order valence-electron chi connectivity index (χ4n) is 3.23. The van der Waals surface area contributed by atoms with E-state index >= 15 is 0 Å². The van der Waals surface area contributed by atoms with Crippen LogP contribution in [0.1, 0.15) is 36.2 Å². The largest absolute Gasteiger partial charge is 0.364 e. The van der Waals surface area contributed by atoms with E-state index in [1.807, 2.05) is 48.6 Å². The van der Waals surface area contributed by atoms with E-state index in [0.29, 0.717) is 0 Å². The lowest BCUT2D eigenvalue weighted by Gasteiger charge is -2.42. The number of hydrogen-bond donors (Lipinski definition) is 0. The second-order valence-corrected chi connectivity index (χ2v) is 6.06. The molecular formula is C22H24O2. The summed E-state index contributed by atoms with van der Waals surface area (Å²) in [4.78, 5) is 0. The van der Waals surface area contributed by atoms with Gasteiger partial charge in [-0.2, -0.15) is 0 Å². The maximum atomic E-state index is 6.50. The van der Waals surface area contributed by atoms with Crippen LogP contribution in [0.3, 0.4) is 0 Å². The number of ether oxygens (including phenoxy) is 2. The van der Waals surface area contributed by atoms with E-state index in [-0.39, 0.29) is 24.4 Å². The van der Waals surface area contributed by atoms with Gasteiger partial charge >= 0.3 is 0 Å². The summed E-state index contributed by atoms with van der Waals surface area (Å²) in [7, 11) is 0. The van der Waals surface area contributed by atoms with Gasteiger partial charge in [0.1, 0.15) is 12.2 Å². The minimum absolute atomic E-state index is 0.00864. The lowest BCUT2D eigenvalue weighted by molar-refractivity contribution is -0.224. The monoisotopic (exact) mass is 320 g/mol. The summed E-state index contributed by atoms with van der Waals surface area (Å²) >= 11 is 0. The Hall–Kier alpha value is -2.16. The summed E-state index contributed by atoms with van der Waals surface area (Å²) in [5.41, 5.74) is 2.27. The van der Waals surface area contributed by atoms with E-state index in [9.17, 15) is 0 Å². The lowest BCUT2D eigenvalue weighted by atomic mass is 9.94. The van der Waals surface area contributed by atoms with Crippen LogP contribution < -0.4 is 0 Å². The molecule has 0 amide bonds. The highest BCUT2D eigenvalue weighted by molar-refractivity contribution is 5.26. The van der Waals surface area contributed by atoms with Crippen LogP contribution >= 0.6 is 0 Å². The summed E-state index contributed by atoms with van der Waals surface area (Å²) in [5.74, 6) is 0. The van der Waals surface area contributed by atoms with Gasteiger partial charge in [0.05, 0.1) is 12.2 Å². The third-order valence-electron chi connectivity index (χ3n) is 4.39. The minimum atomic E-state index is -0.125. The van der Waals surface area contributed by atoms with Crippen molar-refractivity contribution < 1.29 is 9.47 Å². The molecule has 0 aromatic heterocycles. The summed E-state index contributed by atoms with van der Waals surface area (Å²) in [6.45, 7) is 7.73. The SMILES string of the molecule is C=CC[C@H]1O[C@H](c2ccccc2)[C@@H](c2ccccc2)O[C@@H]1CC=C. The minimum Gasteiger partial charge on any atom is -0.364 e. The van der Waals surface area contributed by atoms with Crippen molar-refractivity contribution in [1.29, 1.82) is 0 Å². The Bertz CT molecular complexity index is 591. The molecule has 0 saturated carbocycles. The zero-order valence-electron chi connectivity index (χ0n) is 13.9. The highest BCUT2D eigenvalue weighted by atomic mass is 16.6. The molecule has 0 bridgehead atoms. The van der Waals surface area contributed by atoms with Crippen molar-refractivity contribution in [2.75, 3.05) is 0 Å². The van der Waals surface area contributed by atoms with Gasteiger partial charge in [-0.3, -0.25) is 0 Å². The van der Waals surface area contributed by atoms with E-state index in [2.05, 4.69) is 37.4 Å². The van der Waals surface area contributed by atoms with Crippen molar-refractivity contribution in [2.45, 2.75) is 37.3 Å². The van der Waals surface area contributed by atoms with Crippen LogP contribution in [0.2, 0.25) is 0 Å². The van der Waals surface area contributed by atoms with Gasteiger partial charge in [0.25, 0.3) is 0 Å². The summed E-state index contributed by atoms with van der Waals surface area (Å²) < 4.78 is 13.0. The molecule has 0 radical (unpaired) electrons. The third kappa shape index (κ3) is 3.66. The first-order valence-electron chi connectivity index (χ1n) is 8.46. The number of hydrogen-bond acceptors (Lipinski definition) is 2. The summed E-state index contributed by atoms with van der Waals surface area (Å²) in [6.07, 6.45) is 5.06. The third-order valence-corrected chi connectivity index (χ3v) is 4.39. The standard InChI is InChI=1S/C22H24O2/c1-3-11-19-20(12-4-2)24-22(18-15-9-6-10-16-18)21(23-19)17-13-7-5-8-14-17/h3-10,13-16,19-22H,1-2,11-12H2/t19-,20-,21-,22-/m1/s1. The maximum Gasteiger partial charge on any atom is 0.113 e. The molecule has 0 unspecified atom stereocenters. The molecule has 4 atom stereocenters. The van der Waals surface area contributed by atoms with E-state index in [1.54, 1.807) is 0 Å². The molecule has 1 fully saturated rings. The van der Waals surface area contributed by atoms with Gasteiger partial charge in [-0.25, -0.2) is 0 Å². The van der Waals surface area contributed by atoms with Crippen molar-refractivity contribution in [3.63, 3.8) is 0 Å². The van der Waals surface area contributed by atoms with E-state index in [1.165, 1.54) is 0 Å². The van der Waals surface area contributed by atoms with Crippen molar-refractivity contribution in [2.24, 2.45) is 0 Å². The molecule has 2 aromatic rings. The Kier molecular flexibility index (Phi) is 5.63. The van der Waals surface area contributed by atoms with Crippen LogP contribution in [-0.4, -0.2) is 12.2 Å². The van der Waals surface area contributed by atoms with Gasteiger partial charge in [-0.05, 0) is 24.0 Å². The smallest absolute Gasteiger partial charge is 0.113 e. The van der Waals surface area contributed by atoms with Crippen LogP contribution in [0.25, 0.3) is 0 Å². The molecule has 124 valence electrons. The van der Waals surface area contributed by atoms with Gasteiger partial charge in [-0.15, -0.1) is 13.2 Å². The Balaban J connectivity index is 1.95. The average molecular weight is 320 g/mol. The fraction of sp³-hybridized carbons (Fsp3) is 0.273. The normalized spacial score (nSPS) is 26.7. The van der Waals surface area contributed by atoms with Crippen LogP contribution in [0.4, 0.5) is 0 Å². The zero-order chi connectivity index (χ0) is 16.8. The van der Waals surface area contributed by atoms with Crippen molar-refractivity contribution >= 4 is 0 Å². The lowest BCUT2D eigenvalue weighted by Crippen LogP contribution is -2.41. The number of benzene rings is 2. The van der Waals surface area contributed by atoms with Crippen molar-refractivity contribution in [1.82, 2.24) is 0 Å². The molecule has 2 aromatic carbocycles. The average Bonchev–Trinajstić information content (AvgIpc) is 2.64. The first-order valence-corrected chi connectivity index (χ1v) is 8.46. The Labute approximate surface area is 144 Å². The molecule has 2 nitrogen and oxygen atoms in total. The zero-order valence-corrected chi connectivity index (χ0v) is 13.9. The Morgan fingerprint density at radius 1 is 0.667 bits per heavy atom. The van der Waals surface area contributed by atoms with Crippen molar-refractivity contribution in [3.05, 3.63) is 97.1 Å². The van der Waals surface area contributed by atoms with Crippen LogP contribution in [0.15, 0.2) is 86.0 Å². The molecule has 0 N–H and O–H groups in total. The predicted molar refractivity (Wildman–Crippen MR) is 97.7 cm³/mol. The van der Waals surface area contributed by atoms with Gasteiger partial charge in [0, 0.05) is 0 Å². The molecular weight excluding hydrogens is 296 g/mol. The quantitative estimate of drug-likeness (QED) is 0.663. The maximum absolute atomic E-state index is 6.50. The van der Waals surface area contributed by atoms with Gasteiger partial charge in [0.15, 0.2) is 0 Å². The van der Waals surface area contributed by atoms with E-state index in [0.717, 1.165) is 24.0 Å². The van der Waals surface area contributed by atoms with E-state index in [4.69, 9.17) is 9.47 Å². The topological polar surface area (TPSA) is 18.5 Å². The molecule has 1 aliphatic rings.